The van der Waals surface area contributed by atoms with Crippen LogP contribution in [0.4, 0.5) is 0 Å². The van der Waals surface area contributed by atoms with E-state index < -0.39 is 0 Å². The first kappa shape index (κ1) is 13.3. The van der Waals surface area contributed by atoms with Crippen LogP contribution in [0, 0.1) is 0 Å². The first-order chi connectivity index (χ1) is 8.69. The van der Waals surface area contributed by atoms with E-state index in [1.54, 1.807) is 12.3 Å². The summed E-state index contributed by atoms with van der Waals surface area (Å²) in [4.78, 5) is 4.23. The lowest BCUT2D eigenvalue weighted by Crippen LogP contribution is -2.05. The van der Waals surface area contributed by atoms with Gasteiger partial charge in [0.05, 0.1) is 5.02 Å². The molecule has 1 aromatic carbocycles. The Morgan fingerprint density at radius 2 is 2.17 bits per heavy atom. The highest BCUT2D eigenvalue weighted by Crippen LogP contribution is 2.31. The molecule has 18 heavy (non-hydrogen) atoms. The lowest BCUT2D eigenvalue weighted by molar-refractivity contribution is 0.462. The third kappa shape index (κ3) is 3.45. The summed E-state index contributed by atoms with van der Waals surface area (Å²) < 4.78 is 6.54. The second kappa shape index (κ2) is 6.18. The zero-order chi connectivity index (χ0) is 13.0. The molecule has 0 unspecified atom stereocenters. The minimum absolute atomic E-state index is 0.523. The fraction of sp³-hybridized carbons (Fsp3) is 0.154. The minimum Gasteiger partial charge on any atom is -0.437 e. The molecule has 0 amide bonds. The van der Waals surface area contributed by atoms with Gasteiger partial charge >= 0.3 is 0 Å². The summed E-state index contributed by atoms with van der Waals surface area (Å²) in [5.74, 6) is 1.11. The van der Waals surface area contributed by atoms with Crippen molar-refractivity contribution in [3.63, 3.8) is 0 Å². The standard InChI is InChI=1S/C13H12BrClN2O/c1-16-7-9-2-5-13(17-8-9)18-12-6-10(14)3-4-11(12)15/h2-6,8,16H,7H2,1H3. The maximum atomic E-state index is 6.04. The Labute approximate surface area is 119 Å². The predicted octanol–water partition coefficient (Wildman–Crippen LogP) is 4.01. The molecule has 1 heterocycles. The van der Waals surface area contributed by atoms with Gasteiger partial charge in [-0.05, 0) is 30.8 Å². The van der Waals surface area contributed by atoms with Crippen LogP contribution in [0.25, 0.3) is 0 Å². The Bertz CT molecular complexity index is 531. The highest BCUT2D eigenvalue weighted by molar-refractivity contribution is 9.10. The van der Waals surface area contributed by atoms with Gasteiger partial charge < -0.3 is 10.1 Å². The lowest BCUT2D eigenvalue weighted by atomic mass is 10.3. The second-order valence-electron chi connectivity index (χ2n) is 3.71. The van der Waals surface area contributed by atoms with Crippen LogP contribution in [-0.4, -0.2) is 12.0 Å². The molecule has 2 rings (SSSR count). The van der Waals surface area contributed by atoms with Crippen molar-refractivity contribution >= 4 is 27.5 Å². The summed E-state index contributed by atoms with van der Waals surface area (Å²) in [6.45, 7) is 0.783. The van der Waals surface area contributed by atoms with Crippen molar-refractivity contribution in [1.29, 1.82) is 0 Å². The fourth-order valence-corrected chi connectivity index (χ4v) is 1.94. The SMILES string of the molecule is CNCc1ccc(Oc2cc(Br)ccc2Cl)nc1. The van der Waals surface area contributed by atoms with Crippen molar-refractivity contribution in [3.8, 4) is 11.6 Å². The number of hydrogen-bond donors (Lipinski definition) is 1. The van der Waals surface area contributed by atoms with Gasteiger partial charge in [-0.1, -0.05) is 33.6 Å². The second-order valence-corrected chi connectivity index (χ2v) is 5.03. The van der Waals surface area contributed by atoms with Crippen molar-refractivity contribution in [2.45, 2.75) is 6.54 Å². The number of ether oxygens (including phenoxy) is 1. The van der Waals surface area contributed by atoms with Crippen LogP contribution in [-0.2, 0) is 6.54 Å². The molecule has 0 saturated heterocycles. The van der Waals surface area contributed by atoms with E-state index >= 15 is 0 Å². The van der Waals surface area contributed by atoms with E-state index in [0.29, 0.717) is 16.7 Å². The van der Waals surface area contributed by atoms with E-state index in [2.05, 4.69) is 26.2 Å². The summed E-state index contributed by atoms with van der Waals surface area (Å²) in [6.07, 6.45) is 1.78. The molecule has 0 aliphatic heterocycles. The average molecular weight is 328 g/mol. The normalized spacial score (nSPS) is 10.4. The van der Waals surface area contributed by atoms with E-state index in [1.165, 1.54) is 0 Å². The van der Waals surface area contributed by atoms with Gasteiger partial charge in [-0.3, -0.25) is 0 Å². The van der Waals surface area contributed by atoms with E-state index in [1.807, 2.05) is 31.3 Å². The zero-order valence-electron chi connectivity index (χ0n) is 9.78. The van der Waals surface area contributed by atoms with Crippen LogP contribution in [0.1, 0.15) is 5.56 Å². The first-order valence-corrected chi connectivity index (χ1v) is 6.58. The zero-order valence-corrected chi connectivity index (χ0v) is 12.1. The number of hydrogen-bond acceptors (Lipinski definition) is 3. The van der Waals surface area contributed by atoms with Crippen LogP contribution < -0.4 is 10.1 Å². The number of benzene rings is 1. The number of rotatable bonds is 4. The largest absolute Gasteiger partial charge is 0.437 e. The van der Waals surface area contributed by atoms with Gasteiger partial charge in [0.25, 0.3) is 0 Å². The smallest absolute Gasteiger partial charge is 0.219 e. The molecule has 0 spiro atoms. The lowest BCUT2D eigenvalue weighted by Gasteiger charge is -2.07. The average Bonchev–Trinajstić information content (AvgIpc) is 2.37. The molecule has 2 aromatic rings. The summed E-state index contributed by atoms with van der Waals surface area (Å²) in [5.41, 5.74) is 1.10. The molecule has 0 radical (unpaired) electrons. The van der Waals surface area contributed by atoms with Gasteiger partial charge in [-0.2, -0.15) is 0 Å². The molecule has 1 N–H and O–H groups in total. The number of nitrogens with zero attached hydrogens (tertiary/aromatic N) is 1. The molecule has 0 bridgehead atoms. The Hall–Kier alpha value is -1.10. The van der Waals surface area contributed by atoms with Crippen molar-refractivity contribution in [1.82, 2.24) is 10.3 Å². The number of nitrogens with one attached hydrogen (secondary N) is 1. The van der Waals surface area contributed by atoms with Gasteiger partial charge in [-0.15, -0.1) is 0 Å². The molecule has 94 valence electrons. The summed E-state index contributed by atoms with van der Waals surface area (Å²) in [7, 11) is 1.89. The van der Waals surface area contributed by atoms with Gasteiger partial charge in [0, 0.05) is 23.3 Å². The molecule has 1 aromatic heterocycles. The summed E-state index contributed by atoms with van der Waals surface area (Å²) in [5, 5.41) is 3.62. The van der Waals surface area contributed by atoms with Gasteiger partial charge in [-0.25, -0.2) is 4.98 Å². The van der Waals surface area contributed by atoms with Crippen LogP contribution in [0.3, 0.4) is 0 Å². The fourth-order valence-electron chi connectivity index (χ4n) is 1.45. The van der Waals surface area contributed by atoms with Crippen molar-refractivity contribution in [2.24, 2.45) is 0 Å². The van der Waals surface area contributed by atoms with E-state index in [4.69, 9.17) is 16.3 Å². The Balaban J connectivity index is 2.15. The van der Waals surface area contributed by atoms with E-state index in [0.717, 1.165) is 16.6 Å². The molecule has 0 fully saturated rings. The number of pyridine rings is 1. The molecule has 0 atom stereocenters. The van der Waals surface area contributed by atoms with Crippen LogP contribution >= 0.6 is 27.5 Å². The molecule has 0 aliphatic carbocycles. The van der Waals surface area contributed by atoms with Gasteiger partial charge in [0.15, 0.2) is 0 Å². The number of aromatic nitrogens is 1. The summed E-state index contributed by atoms with van der Waals surface area (Å²) >= 11 is 9.42. The summed E-state index contributed by atoms with van der Waals surface area (Å²) in [6, 6.07) is 9.23. The Morgan fingerprint density at radius 1 is 1.33 bits per heavy atom. The predicted molar refractivity (Wildman–Crippen MR) is 76.2 cm³/mol. The van der Waals surface area contributed by atoms with Crippen LogP contribution in [0.15, 0.2) is 41.0 Å². The molecular formula is C13H12BrClN2O. The highest BCUT2D eigenvalue weighted by atomic mass is 79.9. The minimum atomic E-state index is 0.523. The molecule has 3 nitrogen and oxygen atoms in total. The number of halogens is 2. The third-order valence-electron chi connectivity index (χ3n) is 2.29. The Morgan fingerprint density at radius 3 is 2.83 bits per heavy atom. The highest BCUT2D eigenvalue weighted by Gasteiger charge is 2.05. The topological polar surface area (TPSA) is 34.1 Å². The Kier molecular flexibility index (Phi) is 4.58. The van der Waals surface area contributed by atoms with Crippen molar-refractivity contribution in [3.05, 3.63) is 51.6 Å². The van der Waals surface area contributed by atoms with Gasteiger partial charge in [0.2, 0.25) is 5.88 Å². The maximum absolute atomic E-state index is 6.04. The molecule has 0 saturated carbocycles. The maximum Gasteiger partial charge on any atom is 0.219 e. The van der Waals surface area contributed by atoms with Crippen molar-refractivity contribution < 1.29 is 4.74 Å². The molecular weight excluding hydrogens is 316 g/mol. The first-order valence-electron chi connectivity index (χ1n) is 5.41. The molecule has 0 aliphatic rings. The van der Waals surface area contributed by atoms with E-state index in [-0.39, 0.29) is 0 Å². The molecule has 5 heteroatoms. The van der Waals surface area contributed by atoms with Crippen LogP contribution in [0.2, 0.25) is 5.02 Å². The van der Waals surface area contributed by atoms with Crippen LogP contribution in [0.5, 0.6) is 11.6 Å². The van der Waals surface area contributed by atoms with Gasteiger partial charge in [0.1, 0.15) is 5.75 Å². The monoisotopic (exact) mass is 326 g/mol. The van der Waals surface area contributed by atoms with Crippen molar-refractivity contribution in [2.75, 3.05) is 7.05 Å². The third-order valence-corrected chi connectivity index (χ3v) is 3.09. The van der Waals surface area contributed by atoms with E-state index in [9.17, 15) is 0 Å². The quantitative estimate of drug-likeness (QED) is 0.921.